The monoisotopic (exact) mass is 296 g/mol. The lowest BCUT2D eigenvalue weighted by Gasteiger charge is -2.03. The molecule has 7 nitrogen and oxygen atoms in total. The smallest absolute Gasteiger partial charge is 0.282 e. The molecule has 0 radical (unpaired) electrons. The molecular formula is C15H12N4O3. The highest BCUT2D eigenvalue weighted by Gasteiger charge is 2.18. The number of imidazole rings is 1. The molecule has 1 N–H and O–H groups in total. The molecule has 2 heterocycles. The average molecular weight is 296 g/mol. The summed E-state index contributed by atoms with van der Waals surface area (Å²) in [5.74, 6) is -0.496. The number of carbonyl (C=O) groups is 1. The van der Waals surface area contributed by atoms with Crippen LogP contribution in [0.4, 0.5) is 5.69 Å². The topological polar surface area (TPSA) is 89.5 Å². The maximum Gasteiger partial charge on any atom is 0.282 e. The molecule has 22 heavy (non-hydrogen) atoms. The number of pyridine rings is 1. The lowest BCUT2D eigenvalue weighted by atomic mass is 10.1. The maximum atomic E-state index is 12.1. The largest absolute Gasteiger partial charge is 0.346 e. The normalized spacial score (nSPS) is 10.5. The van der Waals surface area contributed by atoms with Crippen molar-refractivity contribution >= 4 is 17.2 Å². The van der Waals surface area contributed by atoms with Gasteiger partial charge in [-0.15, -0.1) is 0 Å². The third-order valence-corrected chi connectivity index (χ3v) is 3.19. The molecule has 3 aromatic rings. The maximum absolute atomic E-state index is 12.1. The van der Waals surface area contributed by atoms with E-state index >= 15 is 0 Å². The first-order valence-electron chi connectivity index (χ1n) is 6.59. The fraction of sp³-hybridized carbons (Fsp3) is 0.0667. The summed E-state index contributed by atoms with van der Waals surface area (Å²) >= 11 is 0. The number of nitrogens with one attached hydrogen (secondary N) is 1. The van der Waals surface area contributed by atoms with E-state index in [0.717, 1.165) is 5.65 Å². The summed E-state index contributed by atoms with van der Waals surface area (Å²) in [6, 6.07) is 11.5. The molecule has 0 aliphatic heterocycles. The van der Waals surface area contributed by atoms with Gasteiger partial charge < -0.3 is 9.72 Å². The van der Waals surface area contributed by atoms with E-state index in [0.29, 0.717) is 5.69 Å². The average Bonchev–Trinajstić information content (AvgIpc) is 2.95. The molecule has 0 spiro atoms. The Morgan fingerprint density at radius 3 is 2.77 bits per heavy atom. The zero-order valence-corrected chi connectivity index (χ0v) is 11.5. The SMILES string of the molecule is O=C(NCc1cn2ccccc2n1)c1ccccc1[N+](=O)[O-]. The molecule has 0 bridgehead atoms. The van der Waals surface area contributed by atoms with Gasteiger partial charge in [0.1, 0.15) is 11.2 Å². The number of nitro groups is 1. The number of rotatable bonds is 4. The van der Waals surface area contributed by atoms with Crippen molar-refractivity contribution in [1.82, 2.24) is 14.7 Å². The Labute approximate surface area is 125 Å². The number of amides is 1. The summed E-state index contributed by atoms with van der Waals surface area (Å²) in [5, 5.41) is 13.6. The number of fused-ring (bicyclic) bond motifs is 1. The summed E-state index contributed by atoms with van der Waals surface area (Å²) in [6.45, 7) is 0.201. The Kier molecular flexibility index (Phi) is 3.53. The van der Waals surface area contributed by atoms with Crippen LogP contribution in [-0.2, 0) is 6.54 Å². The van der Waals surface area contributed by atoms with Gasteiger partial charge in [-0.05, 0) is 18.2 Å². The lowest BCUT2D eigenvalue weighted by Crippen LogP contribution is -2.23. The number of para-hydroxylation sites is 1. The van der Waals surface area contributed by atoms with E-state index in [2.05, 4.69) is 10.3 Å². The standard InChI is InChI=1S/C15H12N4O3/c20-15(12-5-1-2-6-13(12)19(21)22)16-9-11-10-18-8-4-3-7-14(18)17-11/h1-8,10H,9H2,(H,16,20). The molecule has 7 heteroatoms. The molecule has 110 valence electrons. The van der Waals surface area contributed by atoms with Crippen LogP contribution in [-0.4, -0.2) is 20.2 Å². The van der Waals surface area contributed by atoms with Crippen LogP contribution < -0.4 is 5.32 Å². The number of aromatic nitrogens is 2. The molecule has 0 saturated carbocycles. The van der Waals surface area contributed by atoms with Crippen molar-refractivity contribution in [2.45, 2.75) is 6.54 Å². The van der Waals surface area contributed by atoms with Crippen molar-refractivity contribution in [2.24, 2.45) is 0 Å². The molecule has 1 amide bonds. The van der Waals surface area contributed by atoms with E-state index in [4.69, 9.17) is 0 Å². The van der Waals surface area contributed by atoms with Gasteiger partial charge in [0, 0.05) is 18.5 Å². The molecule has 2 aromatic heterocycles. The minimum atomic E-state index is -0.570. The van der Waals surface area contributed by atoms with Crippen molar-refractivity contribution < 1.29 is 9.72 Å². The van der Waals surface area contributed by atoms with E-state index in [-0.39, 0.29) is 17.8 Å². The molecule has 0 saturated heterocycles. The lowest BCUT2D eigenvalue weighted by molar-refractivity contribution is -0.385. The van der Waals surface area contributed by atoms with E-state index in [1.54, 1.807) is 12.3 Å². The van der Waals surface area contributed by atoms with Crippen LogP contribution in [0, 0.1) is 10.1 Å². The summed E-state index contributed by atoms with van der Waals surface area (Å²) in [7, 11) is 0. The van der Waals surface area contributed by atoms with E-state index in [1.165, 1.54) is 18.2 Å². The summed E-state index contributed by atoms with van der Waals surface area (Å²) < 4.78 is 1.84. The number of nitro benzene ring substituents is 1. The Balaban J connectivity index is 1.76. The molecule has 0 atom stereocenters. The second-order valence-electron chi connectivity index (χ2n) is 4.66. The molecule has 0 aliphatic carbocycles. The van der Waals surface area contributed by atoms with Gasteiger partial charge in [-0.2, -0.15) is 0 Å². The van der Waals surface area contributed by atoms with Crippen LogP contribution in [0.15, 0.2) is 54.9 Å². The molecular weight excluding hydrogens is 284 g/mol. The number of hydrogen-bond donors (Lipinski definition) is 1. The second kappa shape index (κ2) is 5.65. The number of hydrogen-bond acceptors (Lipinski definition) is 4. The fourth-order valence-electron chi connectivity index (χ4n) is 2.16. The van der Waals surface area contributed by atoms with Crippen molar-refractivity contribution in [2.75, 3.05) is 0 Å². The highest BCUT2D eigenvalue weighted by Crippen LogP contribution is 2.17. The van der Waals surface area contributed by atoms with Crippen molar-refractivity contribution in [3.8, 4) is 0 Å². The first kappa shape index (κ1) is 13.7. The Hall–Kier alpha value is -3.22. The van der Waals surface area contributed by atoms with Gasteiger partial charge in [0.2, 0.25) is 0 Å². The van der Waals surface area contributed by atoms with E-state index < -0.39 is 10.8 Å². The van der Waals surface area contributed by atoms with Gasteiger partial charge in [-0.3, -0.25) is 14.9 Å². The quantitative estimate of drug-likeness (QED) is 0.590. The predicted octanol–water partition coefficient (Wildman–Crippen LogP) is 2.17. The van der Waals surface area contributed by atoms with Crippen LogP contribution >= 0.6 is 0 Å². The van der Waals surface area contributed by atoms with Gasteiger partial charge in [0.25, 0.3) is 11.6 Å². The van der Waals surface area contributed by atoms with Crippen LogP contribution in [0.2, 0.25) is 0 Å². The molecule has 1 aromatic carbocycles. The highest BCUT2D eigenvalue weighted by atomic mass is 16.6. The summed E-state index contributed by atoms with van der Waals surface area (Å²) in [5.41, 5.74) is 1.28. The Bertz CT molecular complexity index is 824. The van der Waals surface area contributed by atoms with Crippen LogP contribution in [0.25, 0.3) is 5.65 Å². The third-order valence-electron chi connectivity index (χ3n) is 3.19. The van der Waals surface area contributed by atoms with E-state index in [9.17, 15) is 14.9 Å². The van der Waals surface area contributed by atoms with Crippen molar-refractivity contribution in [3.63, 3.8) is 0 Å². The van der Waals surface area contributed by atoms with Crippen molar-refractivity contribution in [3.05, 3.63) is 76.2 Å². The summed E-state index contributed by atoms with van der Waals surface area (Å²) in [6.07, 6.45) is 3.66. The Morgan fingerprint density at radius 2 is 2.00 bits per heavy atom. The van der Waals surface area contributed by atoms with Gasteiger partial charge in [0.15, 0.2) is 0 Å². The minimum absolute atomic E-state index is 0.0382. The zero-order chi connectivity index (χ0) is 15.5. The van der Waals surface area contributed by atoms with Gasteiger partial charge >= 0.3 is 0 Å². The molecule has 3 rings (SSSR count). The van der Waals surface area contributed by atoms with Crippen LogP contribution in [0.5, 0.6) is 0 Å². The minimum Gasteiger partial charge on any atom is -0.346 e. The molecule has 0 aliphatic rings. The number of nitrogens with zero attached hydrogens (tertiary/aromatic N) is 3. The summed E-state index contributed by atoms with van der Waals surface area (Å²) in [4.78, 5) is 26.8. The van der Waals surface area contributed by atoms with Gasteiger partial charge in [-0.1, -0.05) is 18.2 Å². The molecule has 0 fully saturated rings. The first-order valence-corrected chi connectivity index (χ1v) is 6.59. The number of benzene rings is 1. The highest BCUT2D eigenvalue weighted by molar-refractivity contribution is 5.98. The zero-order valence-electron chi connectivity index (χ0n) is 11.5. The second-order valence-corrected chi connectivity index (χ2v) is 4.66. The van der Waals surface area contributed by atoms with Crippen molar-refractivity contribution in [1.29, 1.82) is 0 Å². The van der Waals surface area contributed by atoms with Gasteiger partial charge in [0.05, 0.1) is 17.2 Å². The number of carbonyl (C=O) groups excluding carboxylic acids is 1. The molecule has 0 unspecified atom stereocenters. The predicted molar refractivity (Wildman–Crippen MR) is 79.5 cm³/mol. The van der Waals surface area contributed by atoms with Crippen LogP contribution in [0.3, 0.4) is 0 Å². The first-order chi connectivity index (χ1) is 10.6. The fourth-order valence-corrected chi connectivity index (χ4v) is 2.16. The Morgan fingerprint density at radius 1 is 1.23 bits per heavy atom. The van der Waals surface area contributed by atoms with E-state index in [1.807, 2.05) is 28.8 Å². The van der Waals surface area contributed by atoms with Gasteiger partial charge in [-0.25, -0.2) is 4.98 Å². The van der Waals surface area contributed by atoms with Crippen LogP contribution in [0.1, 0.15) is 16.1 Å². The third kappa shape index (κ3) is 2.64.